The van der Waals surface area contributed by atoms with Crippen molar-refractivity contribution in [2.24, 2.45) is 0 Å². The van der Waals surface area contributed by atoms with Crippen LogP contribution in [0.2, 0.25) is 0 Å². The molecule has 0 radical (unpaired) electrons. The molecular weight excluding hydrogens is 288 g/mol. The molecule has 6 heteroatoms. The topological polar surface area (TPSA) is 70.5 Å². The van der Waals surface area contributed by atoms with Crippen LogP contribution < -0.4 is 0 Å². The highest BCUT2D eigenvalue weighted by molar-refractivity contribution is 7.89. The van der Waals surface area contributed by atoms with Crippen LogP contribution in [0.1, 0.15) is 12.8 Å². The molecule has 0 spiro atoms. The number of nitrogens with zero attached hydrogens (tertiary/aromatic N) is 2. The average Bonchev–Trinajstić information content (AvgIpc) is 3.03. The minimum absolute atomic E-state index is 0.104. The summed E-state index contributed by atoms with van der Waals surface area (Å²) in [7, 11) is -3.37. The molecular formula is C15H16N2O3S. The van der Waals surface area contributed by atoms with Crippen molar-refractivity contribution in [3.05, 3.63) is 42.6 Å². The highest BCUT2D eigenvalue weighted by Gasteiger charge is 2.26. The van der Waals surface area contributed by atoms with Gasteiger partial charge in [0, 0.05) is 18.7 Å². The van der Waals surface area contributed by atoms with Gasteiger partial charge in [0.2, 0.25) is 10.0 Å². The summed E-state index contributed by atoms with van der Waals surface area (Å²) >= 11 is 0. The Bertz CT molecular complexity index is 719. The fourth-order valence-electron chi connectivity index (χ4n) is 2.43. The molecule has 2 heterocycles. The van der Waals surface area contributed by atoms with Gasteiger partial charge in [-0.05, 0) is 37.1 Å². The zero-order valence-corrected chi connectivity index (χ0v) is 12.3. The van der Waals surface area contributed by atoms with E-state index in [1.165, 1.54) is 10.5 Å². The molecule has 0 atom stereocenters. The molecule has 0 saturated carbocycles. The van der Waals surface area contributed by atoms with E-state index in [9.17, 15) is 13.5 Å². The number of sulfonamides is 1. The third-order valence-electron chi connectivity index (χ3n) is 3.60. The number of hydrogen-bond acceptors (Lipinski definition) is 4. The van der Waals surface area contributed by atoms with E-state index in [1.807, 2.05) is 0 Å². The van der Waals surface area contributed by atoms with Crippen LogP contribution in [-0.2, 0) is 10.0 Å². The number of aromatic nitrogens is 1. The molecule has 1 N–H and O–H groups in total. The maximum Gasteiger partial charge on any atom is 0.243 e. The molecule has 2 aromatic rings. The first-order chi connectivity index (χ1) is 10.1. The van der Waals surface area contributed by atoms with Crippen molar-refractivity contribution < 1.29 is 13.5 Å². The first-order valence-corrected chi connectivity index (χ1v) is 8.27. The largest absolute Gasteiger partial charge is 0.506 e. The Kier molecular flexibility index (Phi) is 3.65. The van der Waals surface area contributed by atoms with Crippen LogP contribution >= 0.6 is 0 Å². The molecule has 0 aliphatic carbocycles. The summed E-state index contributed by atoms with van der Waals surface area (Å²) in [5.74, 6) is 0.104. The van der Waals surface area contributed by atoms with Crippen LogP contribution in [0.4, 0.5) is 0 Å². The van der Waals surface area contributed by atoms with Crippen molar-refractivity contribution in [3.8, 4) is 17.0 Å². The highest BCUT2D eigenvalue weighted by atomic mass is 32.2. The normalized spacial score (nSPS) is 16.2. The summed E-state index contributed by atoms with van der Waals surface area (Å²) in [5, 5.41) is 9.23. The standard InChI is InChI=1S/C15H16N2O3S/c18-13-5-8-15(16-11-13)12-3-6-14(7-4-12)21(19,20)17-9-1-2-10-17/h3-8,11,18H,1-2,9-10H2. The van der Waals surface area contributed by atoms with Crippen LogP contribution in [0.5, 0.6) is 5.75 Å². The van der Waals surface area contributed by atoms with Crippen LogP contribution in [-0.4, -0.2) is 35.9 Å². The molecule has 0 unspecified atom stereocenters. The van der Waals surface area contributed by atoms with Crippen molar-refractivity contribution in [1.82, 2.24) is 9.29 Å². The Morgan fingerprint density at radius 3 is 2.24 bits per heavy atom. The molecule has 3 rings (SSSR count). The summed E-state index contributed by atoms with van der Waals surface area (Å²) in [6.45, 7) is 1.20. The molecule has 0 amide bonds. The second-order valence-electron chi connectivity index (χ2n) is 5.04. The predicted molar refractivity (Wildman–Crippen MR) is 79.3 cm³/mol. The summed E-state index contributed by atoms with van der Waals surface area (Å²) in [5.41, 5.74) is 1.51. The van der Waals surface area contributed by atoms with E-state index in [2.05, 4.69) is 4.98 Å². The van der Waals surface area contributed by atoms with E-state index >= 15 is 0 Å². The number of aromatic hydroxyl groups is 1. The molecule has 110 valence electrons. The smallest absolute Gasteiger partial charge is 0.243 e. The van der Waals surface area contributed by atoms with Gasteiger partial charge in [0.25, 0.3) is 0 Å². The highest BCUT2D eigenvalue weighted by Crippen LogP contribution is 2.24. The molecule has 1 aliphatic rings. The Hall–Kier alpha value is -1.92. The summed E-state index contributed by atoms with van der Waals surface area (Å²) in [6, 6.07) is 9.94. The van der Waals surface area contributed by atoms with Crippen LogP contribution in [0.3, 0.4) is 0 Å². The first-order valence-electron chi connectivity index (χ1n) is 6.83. The first kappa shape index (κ1) is 14.0. The van der Waals surface area contributed by atoms with Gasteiger partial charge in [-0.2, -0.15) is 4.31 Å². The number of hydrogen-bond donors (Lipinski definition) is 1. The van der Waals surface area contributed by atoms with Gasteiger partial charge >= 0.3 is 0 Å². The van der Waals surface area contributed by atoms with Gasteiger partial charge < -0.3 is 5.11 Å². The number of rotatable bonds is 3. The lowest BCUT2D eigenvalue weighted by Gasteiger charge is -2.15. The Morgan fingerprint density at radius 2 is 1.67 bits per heavy atom. The second kappa shape index (κ2) is 5.46. The molecule has 1 aliphatic heterocycles. The van der Waals surface area contributed by atoms with Crippen molar-refractivity contribution in [2.45, 2.75) is 17.7 Å². The van der Waals surface area contributed by atoms with Gasteiger partial charge in [-0.25, -0.2) is 8.42 Å². The summed E-state index contributed by atoms with van der Waals surface area (Å²) in [4.78, 5) is 4.42. The Labute approximate surface area is 123 Å². The maximum absolute atomic E-state index is 12.4. The Balaban J connectivity index is 1.88. The number of pyridine rings is 1. The van der Waals surface area contributed by atoms with E-state index < -0.39 is 10.0 Å². The molecule has 1 fully saturated rings. The van der Waals surface area contributed by atoms with E-state index in [1.54, 1.807) is 36.4 Å². The lowest BCUT2D eigenvalue weighted by molar-refractivity contribution is 0.473. The molecule has 1 aromatic carbocycles. The van der Waals surface area contributed by atoms with Crippen molar-refractivity contribution >= 4 is 10.0 Å². The van der Waals surface area contributed by atoms with Crippen LogP contribution in [0.25, 0.3) is 11.3 Å². The maximum atomic E-state index is 12.4. The quantitative estimate of drug-likeness (QED) is 0.944. The van der Waals surface area contributed by atoms with Crippen LogP contribution in [0, 0.1) is 0 Å². The lowest BCUT2D eigenvalue weighted by atomic mass is 10.1. The lowest BCUT2D eigenvalue weighted by Crippen LogP contribution is -2.27. The molecule has 21 heavy (non-hydrogen) atoms. The van der Waals surface area contributed by atoms with Gasteiger partial charge in [0.05, 0.1) is 16.8 Å². The predicted octanol–water partition coefficient (Wildman–Crippen LogP) is 2.24. The van der Waals surface area contributed by atoms with Crippen molar-refractivity contribution in [1.29, 1.82) is 0 Å². The third kappa shape index (κ3) is 2.77. The van der Waals surface area contributed by atoms with Crippen molar-refractivity contribution in [2.75, 3.05) is 13.1 Å². The fourth-order valence-corrected chi connectivity index (χ4v) is 3.95. The molecule has 1 aromatic heterocycles. The summed E-state index contributed by atoms with van der Waals surface area (Å²) in [6.07, 6.45) is 3.22. The van der Waals surface area contributed by atoms with E-state index in [-0.39, 0.29) is 5.75 Å². The SMILES string of the molecule is O=S(=O)(c1ccc(-c2ccc(O)cn2)cc1)N1CCCC1. The molecule has 5 nitrogen and oxygen atoms in total. The van der Waals surface area contributed by atoms with Crippen molar-refractivity contribution in [3.63, 3.8) is 0 Å². The molecule has 1 saturated heterocycles. The third-order valence-corrected chi connectivity index (χ3v) is 5.51. The summed E-state index contributed by atoms with van der Waals surface area (Å²) < 4.78 is 26.3. The Morgan fingerprint density at radius 1 is 1.00 bits per heavy atom. The second-order valence-corrected chi connectivity index (χ2v) is 6.98. The van der Waals surface area contributed by atoms with Gasteiger partial charge in [0.15, 0.2) is 0 Å². The van der Waals surface area contributed by atoms with Gasteiger partial charge in [0.1, 0.15) is 5.75 Å². The van der Waals surface area contributed by atoms with Gasteiger partial charge in [-0.1, -0.05) is 12.1 Å². The van der Waals surface area contributed by atoms with Gasteiger partial charge in [-0.15, -0.1) is 0 Å². The number of benzene rings is 1. The zero-order valence-electron chi connectivity index (χ0n) is 11.4. The minimum atomic E-state index is -3.37. The van der Waals surface area contributed by atoms with E-state index in [0.717, 1.165) is 18.4 Å². The van der Waals surface area contributed by atoms with Crippen LogP contribution in [0.15, 0.2) is 47.5 Å². The monoisotopic (exact) mass is 304 g/mol. The molecule has 0 bridgehead atoms. The fraction of sp³-hybridized carbons (Fsp3) is 0.267. The zero-order chi connectivity index (χ0) is 14.9. The van der Waals surface area contributed by atoms with E-state index in [0.29, 0.717) is 23.7 Å². The van der Waals surface area contributed by atoms with Gasteiger partial charge in [-0.3, -0.25) is 4.98 Å². The van der Waals surface area contributed by atoms with E-state index in [4.69, 9.17) is 0 Å². The minimum Gasteiger partial charge on any atom is -0.506 e. The average molecular weight is 304 g/mol.